The molecule has 3 aliphatic rings. The number of hydrogen-bond donors (Lipinski definition) is 3. The van der Waals surface area contributed by atoms with Gasteiger partial charge in [-0.1, -0.05) is 6.42 Å². The maximum Gasteiger partial charge on any atom is 0.315 e. The van der Waals surface area contributed by atoms with Crippen molar-refractivity contribution in [2.75, 3.05) is 53.4 Å². The molecular formula is C34H43N4O7S+. The fourth-order valence-corrected chi connectivity index (χ4v) is 8.14. The van der Waals surface area contributed by atoms with Crippen LogP contribution in [-0.4, -0.2) is 82.7 Å². The molecule has 11 nitrogen and oxygen atoms in total. The van der Waals surface area contributed by atoms with E-state index >= 15 is 0 Å². The molecule has 3 amide bonds. The van der Waals surface area contributed by atoms with Gasteiger partial charge < -0.3 is 39.6 Å². The van der Waals surface area contributed by atoms with E-state index in [-0.39, 0.29) is 24.0 Å². The van der Waals surface area contributed by atoms with Gasteiger partial charge in [-0.15, -0.1) is 0 Å². The quantitative estimate of drug-likeness (QED) is 0.130. The van der Waals surface area contributed by atoms with Crippen LogP contribution in [-0.2, 0) is 22.5 Å². The van der Waals surface area contributed by atoms with Crippen molar-refractivity contribution >= 4 is 34.5 Å². The summed E-state index contributed by atoms with van der Waals surface area (Å²) in [6, 6.07) is 10.7. The lowest BCUT2D eigenvalue weighted by atomic mass is 9.95. The fourth-order valence-electron chi connectivity index (χ4n) is 6.60. The number of aromatic nitrogens is 1. The first-order chi connectivity index (χ1) is 22.5. The summed E-state index contributed by atoms with van der Waals surface area (Å²) < 4.78 is 30.9. The van der Waals surface area contributed by atoms with Crippen LogP contribution in [0.2, 0.25) is 0 Å². The summed E-state index contributed by atoms with van der Waals surface area (Å²) in [4.78, 5) is 23.8. The number of nitrogens with one attached hydrogen (secondary N) is 3. The Bertz CT molecular complexity index is 1590. The summed E-state index contributed by atoms with van der Waals surface area (Å²) in [5.74, 6) is 3.80. The van der Waals surface area contributed by atoms with Crippen molar-refractivity contribution in [3.63, 3.8) is 0 Å². The van der Waals surface area contributed by atoms with Crippen LogP contribution in [0.25, 0.3) is 22.0 Å². The third kappa shape index (κ3) is 6.92. The highest BCUT2D eigenvalue weighted by Crippen LogP contribution is 2.40. The monoisotopic (exact) mass is 651 g/mol. The maximum atomic E-state index is 12.2. The molecule has 3 N–H and O–H groups in total. The smallest absolute Gasteiger partial charge is 0.315 e. The van der Waals surface area contributed by atoms with Crippen LogP contribution in [0.3, 0.4) is 0 Å². The molecule has 2 saturated heterocycles. The molecule has 0 saturated carbocycles. The van der Waals surface area contributed by atoms with Crippen molar-refractivity contribution in [2.24, 2.45) is 0 Å². The number of methoxy groups -OCH3 is 3. The number of hydrogen-bond acceptors (Lipinski definition) is 8. The van der Waals surface area contributed by atoms with Crippen molar-refractivity contribution in [3.05, 3.63) is 42.1 Å². The number of amides is 3. The predicted molar refractivity (Wildman–Crippen MR) is 176 cm³/mol. The van der Waals surface area contributed by atoms with E-state index in [1.165, 1.54) is 5.56 Å². The Hall–Kier alpha value is -3.90. The SMILES string of the molecule is COc1cc2c(cc1OCCOCCNC(=O)CCCC[C@@H]1SC[C@@H]3NC(=O)N[C@@H]31)CC[n+]1cc3c(OC)c(OC)ccc3cc1-2. The molecule has 0 bridgehead atoms. The number of ether oxygens (including phenoxy) is 5. The lowest BCUT2D eigenvalue weighted by molar-refractivity contribution is -0.686. The summed E-state index contributed by atoms with van der Waals surface area (Å²) in [6.45, 7) is 2.49. The summed E-state index contributed by atoms with van der Waals surface area (Å²) in [5.41, 5.74) is 3.43. The lowest BCUT2D eigenvalue weighted by Crippen LogP contribution is -2.40. The van der Waals surface area contributed by atoms with E-state index in [2.05, 4.69) is 44.9 Å². The molecule has 2 aromatic carbocycles. The van der Waals surface area contributed by atoms with Gasteiger partial charge >= 0.3 is 6.03 Å². The van der Waals surface area contributed by atoms with Gasteiger partial charge in [0.25, 0.3) is 0 Å². The molecule has 46 heavy (non-hydrogen) atoms. The standard InChI is InChI=1S/C34H42N4O7S/c1-41-27-9-8-21-16-26-23-18-28(42-2)29(17-22(23)10-12-38(26)19-24(21)33(27)43-3)45-15-14-44-13-11-35-31(39)7-5-4-6-30-32-25(20-46-30)36-34(40)37-32/h8-9,16-19,25,30,32H,4-7,10-15,20H2,1-3H3,(H2-,35,36,37,39,40)/p+1/t25-,30-,32-/m0/s1. The summed E-state index contributed by atoms with van der Waals surface area (Å²) in [7, 11) is 4.96. The molecule has 3 aliphatic heterocycles. The Morgan fingerprint density at radius 2 is 1.87 bits per heavy atom. The Morgan fingerprint density at radius 3 is 2.70 bits per heavy atom. The highest BCUT2D eigenvalue weighted by Gasteiger charge is 2.42. The number of nitrogens with zero attached hydrogens (tertiary/aromatic N) is 1. The van der Waals surface area contributed by atoms with Crippen LogP contribution < -0.4 is 39.5 Å². The number of urea groups is 1. The normalized spacial score (nSPS) is 19.5. The molecule has 0 unspecified atom stereocenters. The second kappa shape index (κ2) is 14.7. The summed E-state index contributed by atoms with van der Waals surface area (Å²) in [6.07, 6.45) is 6.30. The van der Waals surface area contributed by atoms with Gasteiger partial charge in [0.15, 0.2) is 35.7 Å². The van der Waals surface area contributed by atoms with Crippen molar-refractivity contribution in [1.82, 2.24) is 16.0 Å². The van der Waals surface area contributed by atoms with Gasteiger partial charge in [-0.3, -0.25) is 4.79 Å². The molecular weight excluding hydrogens is 608 g/mol. The van der Waals surface area contributed by atoms with E-state index in [0.29, 0.717) is 55.3 Å². The van der Waals surface area contributed by atoms with Gasteiger partial charge in [-0.2, -0.15) is 16.3 Å². The second-order valence-electron chi connectivity index (χ2n) is 11.7. The summed E-state index contributed by atoms with van der Waals surface area (Å²) in [5, 5.41) is 11.4. The molecule has 12 heteroatoms. The van der Waals surface area contributed by atoms with Gasteiger partial charge in [0.05, 0.1) is 57.6 Å². The molecule has 6 rings (SSSR count). The van der Waals surface area contributed by atoms with Crippen molar-refractivity contribution in [3.8, 4) is 34.3 Å². The minimum atomic E-state index is -0.0592. The molecule has 0 aliphatic carbocycles. The van der Waals surface area contributed by atoms with Gasteiger partial charge in [0, 0.05) is 36.5 Å². The molecule has 4 heterocycles. The lowest BCUT2D eigenvalue weighted by Gasteiger charge is -2.19. The van der Waals surface area contributed by atoms with Crippen LogP contribution in [0, 0.1) is 0 Å². The first-order valence-electron chi connectivity index (χ1n) is 15.9. The fraction of sp³-hybridized carbons (Fsp3) is 0.500. The van der Waals surface area contributed by atoms with Crippen LogP contribution >= 0.6 is 11.8 Å². The molecule has 3 atom stereocenters. The summed E-state index contributed by atoms with van der Waals surface area (Å²) >= 11 is 1.91. The number of benzene rings is 2. The minimum Gasteiger partial charge on any atom is -0.493 e. The van der Waals surface area contributed by atoms with Gasteiger partial charge in [-0.25, -0.2) is 4.79 Å². The number of aryl methyl sites for hydroxylation is 2. The third-order valence-corrected chi connectivity index (χ3v) is 10.4. The number of pyridine rings is 1. The van der Waals surface area contributed by atoms with Crippen LogP contribution in [0.5, 0.6) is 23.0 Å². The Kier molecular flexibility index (Phi) is 10.2. The average Bonchev–Trinajstić information content (AvgIpc) is 3.63. The second-order valence-corrected chi connectivity index (χ2v) is 13.0. The Morgan fingerprint density at radius 1 is 1.00 bits per heavy atom. The van der Waals surface area contributed by atoms with Crippen molar-refractivity contribution in [2.45, 2.75) is 56.0 Å². The minimum absolute atomic E-state index is 0.0398. The van der Waals surface area contributed by atoms with E-state index in [1.807, 2.05) is 23.9 Å². The predicted octanol–water partition coefficient (Wildman–Crippen LogP) is 3.61. The molecule has 246 valence electrons. The number of rotatable bonds is 15. The molecule has 3 aromatic rings. The molecule has 1 aromatic heterocycles. The highest BCUT2D eigenvalue weighted by molar-refractivity contribution is 8.00. The zero-order chi connectivity index (χ0) is 32.0. The first kappa shape index (κ1) is 32.1. The van der Waals surface area contributed by atoms with Crippen molar-refractivity contribution < 1.29 is 37.8 Å². The largest absolute Gasteiger partial charge is 0.493 e. The van der Waals surface area contributed by atoms with Crippen molar-refractivity contribution in [1.29, 1.82) is 0 Å². The Labute approximate surface area is 273 Å². The van der Waals surface area contributed by atoms with E-state index in [9.17, 15) is 9.59 Å². The van der Waals surface area contributed by atoms with Crippen LogP contribution in [0.15, 0.2) is 36.5 Å². The highest BCUT2D eigenvalue weighted by atomic mass is 32.2. The van der Waals surface area contributed by atoms with E-state index in [1.54, 1.807) is 21.3 Å². The number of fused-ring (bicyclic) bond motifs is 5. The number of carbonyl (C=O) groups is 2. The number of carbonyl (C=O) groups excluding carboxylic acids is 2. The van der Waals surface area contributed by atoms with Gasteiger partial charge in [0.1, 0.15) is 6.61 Å². The maximum absolute atomic E-state index is 12.2. The molecule has 0 radical (unpaired) electrons. The van der Waals surface area contributed by atoms with E-state index in [4.69, 9.17) is 23.7 Å². The zero-order valence-electron chi connectivity index (χ0n) is 26.7. The molecule has 0 spiro atoms. The molecule has 2 fully saturated rings. The number of unbranched alkanes of at least 4 members (excludes halogenated alkanes) is 1. The van der Waals surface area contributed by atoms with E-state index in [0.717, 1.165) is 65.8 Å². The third-order valence-electron chi connectivity index (χ3n) is 8.93. The Balaban J connectivity index is 0.930. The average molecular weight is 652 g/mol. The zero-order valence-corrected chi connectivity index (χ0v) is 27.5. The number of thioether (sulfide) groups is 1. The van der Waals surface area contributed by atoms with Crippen LogP contribution in [0.4, 0.5) is 4.79 Å². The van der Waals surface area contributed by atoms with E-state index < -0.39 is 0 Å². The van der Waals surface area contributed by atoms with Gasteiger partial charge in [-0.05, 0) is 48.1 Å². The van der Waals surface area contributed by atoms with Gasteiger partial charge in [0.2, 0.25) is 11.6 Å². The van der Waals surface area contributed by atoms with Crippen LogP contribution in [0.1, 0.15) is 31.2 Å². The first-order valence-corrected chi connectivity index (χ1v) is 17.0. The topological polar surface area (TPSA) is 120 Å².